The van der Waals surface area contributed by atoms with Crippen LogP contribution in [0.3, 0.4) is 0 Å². The Morgan fingerprint density at radius 1 is 1.31 bits per heavy atom. The van der Waals surface area contributed by atoms with Gasteiger partial charge >= 0.3 is 5.97 Å². The van der Waals surface area contributed by atoms with Crippen molar-refractivity contribution in [1.82, 2.24) is 0 Å². The number of ketones is 1. The van der Waals surface area contributed by atoms with Gasteiger partial charge in [-0.05, 0) is 24.2 Å². The number of rotatable bonds is 1. The molecule has 2 rings (SSSR count). The summed E-state index contributed by atoms with van der Waals surface area (Å²) < 4.78 is 0. The monoisotopic (exact) mass is 224 g/mol. The molecule has 4 heteroatoms. The van der Waals surface area contributed by atoms with Gasteiger partial charge in [0.15, 0.2) is 5.78 Å². The molecular formula is C12H16O4. The lowest BCUT2D eigenvalue weighted by atomic mass is 9.70. The van der Waals surface area contributed by atoms with Crippen LogP contribution in [0.15, 0.2) is 11.3 Å². The summed E-state index contributed by atoms with van der Waals surface area (Å²) in [6.45, 7) is 5.83. The van der Waals surface area contributed by atoms with Gasteiger partial charge in [-0.2, -0.15) is 0 Å². The van der Waals surface area contributed by atoms with Gasteiger partial charge < -0.3 is 10.2 Å². The molecule has 0 aliphatic heterocycles. The van der Waals surface area contributed by atoms with Crippen LogP contribution in [0.1, 0.15) is 33.6 Å². The molecule has 0 aromatic carbocycles. The number of hydrogen-bond donors (Lipinski definition) is 2. The Morgan fingerprint density at radius 2 is 1.88 bits per heavy atom. The van der Waals surface area contributed by atoms with Crippen LogP contribution in [0.5, 0.6) is 0 Å². The van der Waals surface area contributed by atoms with E-state index in [9.17, 15) is 14.7 Å². The number of fused-ring (bicyclic) bond motifs is 2. The zero-order valence-corrected chi connectivity index (χ0v) is 9.70. The third-order valence-electron chi connectivity index (χ3n) is 4.78. The van der Waals surface area contributed by atoms with Crippen LogP contribution in [-0.4, -0.2) is 22.0 Å². The molecule has 88 valence electrons. The summed E-state index contributed by atoms with van der Waals surface area (Å²) in [5.74, 6) is -2.48. The van der Waals surface area contributed by atoms with Crippen LogP contribution in [0.25, 0.3) is 0 Å². The molecule has 0 unspecified atom stereocenters. The summed E-state index contributed by atoms with van der Waals surface area (Å²) in [6, 6.07) is 0. The Kier molecular flexibility index (Phi) is 2.00. The number of carbonyl (C=O) groups excluding carboxylic acids is 1. The molecule has 2 aliphatic rings. The van der Waals surface area contributed by atoms with E-state index >= 15 is 0 Å². The lowest BCUT2D eigenvalue weighted by Gasteiger charge is -2.31. The van der Waals surface area contributed by atoms with E-state index in [-0.39, 0.29) is 22.7 Å². The number of carboxylic acid groups (broad SMARTS) is 1. The van der Waals surface area contributed by atoms with Gasteiger partial charge in [-0.15, -0.1) is 0 Å². The van der Waals surface area contributed by atoms with Crippen molar-refractivity contribution in [1.29, 1.82) is 0 Å². The van der Waals surface area contributed by atoms with E-state index < -0.39 is 17.1 Å². The predicted molar refractivity (Wildman–Crippen MR) is 56.9 cm³/mol. The molecule has 0 aromatic heterocycles. The summed E-state index contributed by atoms with van der Waals surface area (Å²) in [5, 5.41) is 18.3. The number of aliphatic hydroxyl groups is 1. The Labute approximate surface area is 94.0 Å². The Hall–Kier alpha value is -1.32. The highest BCUT2D eigenvalue weighted by Crippen LogP contribution is 2.65. The van der Waals surface area contributed by atoms with E-state index in [4.69, 9.17) is 5.11 Å². The maximum Gasteiger partial charge on any atom is 0.371 e. The van der Waals surface area contributed by atoms with E-state index in [0.29, 0.717) is 0 Å². The first-order valence-electron chi connectivity index (χ1n) is 5.44. The number of carboxylic acids is 1. The van der Waals surface area contributed by atoms with Gasteiger partial charge in [-0.1, -0.05) is 20.8 Å². The van der Waals surface area contributed by atoms with Gasteiger partial charge in [-0.3, -0.25) is 4.79 Å². The number of aliphatic hydroxyl groups excluding tert-OH is 1. The highest BCUT2D eigenvalue weighted by atomic mass is 16.4. The van der Waals surface area contributed by atoms with Crippen LogP contribution < -0.4 is 0 Å². The molecule has 2 fully saturated rings. The molecule has 0 radical (unpaired) electrons. The minimum atomic E-state index is -1.41. The molecule has 0 aromatic rings. The fourth-order valence-electron chi connectivity index (χ4n) is 3.26. The van der Waals surface area contributed by atoms with Crippen molar-refractivity contribution in [3.8, 4) is 0 Å². The van der Waals surface area contributed by atoms with E-state index in [0.717, 1.165) is 12.8 Å². The number of allylic oxidation sites excluding steroid dienone is 1. The molecule has 2 bridgehead atoms. The van der Waals surface area contributed by atoms with Crippen molar-refractivity contribution in [2.45, 2.75) is 33.6 Å². The summed E-state index contributed by atoms with van der Waals surface area (Å²) in [6.07, 6.45) is 1.56. The molecule has 2 saturated carbocycles. The topological polar surface area (TPSA) is 74.6 Å². The minimum absolute atomic E-state index is 0.124. The summed E-state index contributed by atoms with van der Waals surface area (Å²) in [7, 11) is 0. The van der Waals surface area contributed by atoms with Gasteiger partial charge in [0.25, 0.3) is 0 Å². The van der Waals surface area contributed by atoms with Crippen molar-refractivity contribution in [2.24, 2.45) is 16.7 Å². The Bertz CT molecular complexity index is 419. The SMILES string of the molecule is CC1(C)[C@H]2CC[C@@]1(C)C(=O)C2=C(O)C(=O)O. The largest absolute Gasteiger partial charge is 0.502 e. The van der Waals surface area contributed by atoms with Crippen molar-refractivity contribution >= 4 is 11.8 Å². The average molecular weight is 224 g/mol. The maximum absolute atomic E-state index is 12.2. The third-order valence-corrected chi connectivity index (χ3v) is 4.78. The second kappa shape index (κ2) is 2.87. The molecular weight excluding hydrogens is 208 g/mol. The lowest BCUT2D eigenvalue weighted by Crippen LogP contribution is -2.32. The first-order chi connectivity index (χ1) is 7.23. The zero-order chi connectivity index (χ0) is 12.3. The third kappa shape index (κ3) is 0.996. The van der Waals surface area contributed by atoms with Gasteiger partial charge in [-0.25, -0.2) is 4.79 Å². The fraction of sp³-hybridized carbons (Fsp3) is 0.667. The van der Waals surface area contributed by atoms with Crippen molar-refractivity contribution in [3.05, 3.63) is 11.3 Å². The smallest absolute Gasteiger partial charge is 0.371 e. The molecule has 2 N–H and O–H groups in total. The van der Waals surface area contributed by atoms with E-state index in [2.05, 4.69) is 0 Å². The van der Waals surface area contributed by atoms with E-state index in [1.54, 1.807) is 0 Å². The Morgan fingerprint density at radius 3 is 2.25 bits per heavy atom. The summed E-state index contributed by atoms with van der Waals surface area (Å²) >= 11 is 0. The molecule has 0 heterocycles. The number of Topliss-reactive ketones (excluding diaryl/α,β-unsaturated/α-hetero) is 1. The molecule has 0 saturated heterocycles. The maximum atomic E-state index is 12.2. The van der Waals surface area contributed by atoms with Crippen LogP contribution in [0.2, 0.25) is 0 Å². The lowest BCUT2D eigenvalue weighted by molar-refractivity contribution is -0.136. The number of aliphatic carboxylic acids is 1. The average Bonchev–Trinajstić information content (AvgIpc) is 2.48. The first-order valence-corrected chi connectivity index (χ1v) is 5.44. The summed E-state index contributed by atoms with van der Waals surface area (Å²) in [4.78, 5) is 22.9. The highest BCUT2D eigenvalue weighted by Gasteiger charge is 2.65. The Balaban J connectivity index is 2.61. The zero-order valence-electron chi connectivity index (χ0n) is 9.70. The number of carbonyl (C=O) groups is 2. The van der Waals surface area contributed by atoms with E-state index in [1.165, 1.54) is 0 Å². The first kappa shape index (κ1) is 11.2. The van der Waals surface area contributed by atoms with Crippen LogP contribution in [0, 0.1) is 16.7 Å². The van der Waals surface area contributed by atoms with Crippen LogP contribution in [0.4, 0.5) is 0 Å². The fourth-order valence-corrected chi connectivity index (χ4v) is 3.26. The van der Waals surface area contributed by atoms with Gasteiger partial charge in [0.1, 0.15) is 0 Å². The van der Waals surface area contributed by atoms with Gasteiger partial charge in [0.05, 0.1) is 0 Å². The molecule has 2 atom stereocenters. The van der Waals surface area contributed by atoms with Crippen molar-refractivity contribution < 1.29 is 19.8 Å². The summed E-state index contributed by atoms with van der Waals surface area (Å²) in [5.41, 5.74) is -0.648. The molecule has 0 spiro atoms. The molecule has 2 aliphatic carbocycles. The normalized spacial score (nSPS) is 38.9. The predicted octanol–water partition coefficient (Wildman–Crippen LogP) is 1.91. The van der Waals surface area contributed by atoms with Crippen LogP contribution >= 0.6 is 0 Å². The second-order valence-corrected chi connectivity index (χ2v) is 5.54. The van der Waals surface area contributed by atoms with Crippen molar-refractivity contribution in [2.75, 3.05) is 0 Å². The highest BCUT2D eigenvalue weighted by molar-refractivity contribution is 6.09. The molecule has 4 nitrogen and oxygen atoms in total. The quantitative estimate of drug-likeness (QED) is 0.527. The van der Waals surface area contributed by atoms with Crippen LogP contribution in [-0.2, 0) is 9.59 Å². The second-order valence-electron chi connectivity index (χ2n) is 5.54. The van der Waals surface area contributed by atoms with E-state index in [1.807, 2.05) is 20.8 Å². The minimum Gasteiger partial charge on any atom is -0.502 e. The van der Waals surface area contributed by atoms with Gasteiger partial charge in [0, 0.05) is 11.0 Å². The standard InChI is InChI=1S/C12H16O4/c1-11(2)6-4-5-12(11,3)9(14)7(6)8(13)10(15)16/h6,13H,4-5H2,1-3H3,(H,15,16)/t6-,12-/m0/s1. The number of hydrogen-bond acceptors (Lipinski definition) is 3. The molecule has 0 amide bonds. The van der Waals surface area contributed by atoms with Crippen molar-refractivity contribution in [3.63, 3.8) is 0 Å². The van der Waals surface area contributed by atoms with Gasteiger partial charge in [0.2, 0.25) is 5.76 Å². The molecule has 16 heavy (non-hydrogen) atoms.